The molecule has 1 aromatic heterocycles. The molecule has 0 spiro atoms. The first kappa shape index (κ1) is 18.7. The molecule has 0 saturated heterocycles. The highest BCUT2D eigenvalue weighted by molar-refractivity contribution is 6.30. The number of nitrogens with one attached hydrogen (secondary N) is 1. The number of nitrogens with zero attached hydrogens (tertiary/aromatic N) is 2. The maximum atomic E-state index is 12.6. The Morgan fingerprint density at radius 3 is 2.28 bits per heavy atom. The van der Waals surface area contributed by atoms with Crippen molar-refractivity contribution < 1.29 is 24.1 Å². The number of carbonyl (C=O) groups is 1. The number of hydrogen-bond donors (Lipinski definition) is 3. The highest BCUT2D eigenvalue weighted by Crippen LogP contribution is 2.23. The first-order valence-electron chi connectivity index (χ1n) is 8.94. The van der Waals surface area contributed by atoms with Gasteiger partial charge < -0.3 is 15.5 Å². The predicted molar refractivity (Wildman–Crippen MR) is 109 cm³/mol. The molecule has 3 N–H and O–H groups in total. The summed E-state index contributed by atoms with van der Waals surface area (Å²) >= 11 is 5.96. The van der Waals surface area contributed by atoms with Crippen molar-refractivity contribution in [2.75, 3.05) is 5.32 Å². The van der Waals surface area contributed by atoms with Gasteiger partial charge in [0.05, 0.1) is 0 Å². The largest absolute Gasteiger partial charge is 0.638 e. The third-order valence-electron chi connectivity index (χ3n) is 4.53. The van der Waals surface area contributed by atoms with Crippen LogP contribution in [0.2, 0.25) is 5.02 Å². The smallest absolute Gasteiger partial charge is 0.459 e. The summed E-state index contributed by atoms with van der Waals surface area (Å²) in [6, 6.07) is 22.5. The molecule has 6 nitrogen and oxygen atoms in total. The number of aromatic nitrogens is 2. The van der Waals surface area contributed by atoms with E-state index in [1.54, 1.807) is 60.7 Å². The molecule has 7 heteroatoms. The molecule has 0 saturated carbocycles. The molecule has 0 aliphatic carbocycles. The lowest BCUT2D eigenvalue weighted by Crippen LogP contribution is -2.49. The standard InChI is InChI=1S/C22H16ClN3O3/c23-15-10-12-17(13-11-15)26-21(28)18-8-4-5-9-19(18)25(22(26)29)14-20(27)24-16-6-2-1-3-7-16/h1-13H,14H2,(H,24,27)/p+2. The summed E-state index contributed by atoms with van der Waals surface area (Å²) in [4.78, 5) is 12.6. The molecule has 4 aromatic rings. The fourth-order valence-electron chi connectivity index (χ4n) is 3.19. The summed E-state index contributed by atoms with van der Waals surface area (Å²) in [5.41, 5.74) is 1.69. The second-order valence-electron chi connectivity index (χ2n) is 6.45. The number of halogens is 1. The second-order valence-corrected chi connectivity index (χ2v) is 6.89. The van der Waals surface area contributed by atoms with Crippen LogP contribution in [0.25, 0.3) is 16.6 Å². The summed E-state index contributed by atoms with van der Waals surface area (Å²) < 4.78 is 2.72. The molecule has 0 atom stereocenters. The van der Waals surface area contributed by atoms with Crippen LogP contribution in [-0.4, -0.2) is 16.1 Å². The van der Waals surface area contributed by atoms with Crippen molar-refractivity contribution in [1.82, 2.24) is 0 Å². The second kappa shape index (κ2) is 7.77. The Labute approximate surface area is 171 Å². The van der Waals surface area contributed by atoms with Crippen molar-refractivity contribution in [3.05, 3.63) is 83.9 Å². The van der Waals surface area contributed by atoms with Gasteiger partial charge in [-0.05, 0) is 34.9 Å². The summed E-state index contributed by atoms with van der Waals surface area (Å²) in [6.07, 6.45) is 0. The van der Waals surface area contributed by atoms with Crippen molar-refractivity contribution in [3.8, 4) is 17.6 Å². The fraction of sp³-hybridized carbons (Fsp3) is 0.0455. The van der Waals surface area contributed by atoms with Gasteiger partial charge in [-0.1, -0.05) is 46.5 Å². The zero-order chi connectivity index (χ0) is 20.4. The minimum absolute atomic E-state index is 0.139. The number of benzene rings is 3. The van der Waals surface area contributed by atoms with Crippen LogP contribution in [0, 0.1) is 0 Å². The molecule has 0 aliphatic rings. The van der Waals surface area contributed by atoms with Gasteiger partial charge in [0, 0.05) is 28.9 Å². The van der Waals surface area contributed by atoms with E-state index in [1.165, 1.54) is 9.13 Å². The quantitative estimate of drug-likeness (QED) is 0.455. The predicted octanol–water partition coefficient (Wildman–Crippen LogP) is 3.11. The normalized spacial score (nSPS) is 10.8. The van der Waals surface area contributed by atoms with Gasteiger partial charge in [-0.15, -0.1) is 0 Å². The Morgan fingerprint density at radius 1 is 0.897 bits per heavy atom. The van der Waals surface area contributed by atoms with Crippen molar-refractivity contribution >= 4 is 34.1 Å². The summed E-state index contributed by atoms with van der Waals surface area (Å²) in [6.45, 7) is -0.144. The summed E-state index contributed by atoms with van der Waals surface area (Å²) in [7, 11) is 0. The van der Waals surface area contributed by atoms with E-state index in [4.69, 9.17) is 11.6 Å². The van der Waals surface area contributed by atoms with Crippen LogP contribution in [0.15, 0.2) is 78.9 Å². The average Bonchev–Trinajstić information content (AvgIpc) is 2.73. The number of amides is 1. The number of hydrogen-bond acceptors (Lipinski definition) is 3. The number of para-hydroxylation sites is 2. The van der Waals surface area contributed by atoms with E-state index in [-0.39, 0.29) is 24.3 Å². The van der Waals surface area contributed by atoms with E-state index in [9.17, 15) is 15.0 Å². The first-order valence-corrected chi connectivity index (χ1v) is 9.32. The molecule has 1 amide bonds. The van der Waals surface area contributed by atoms with E-state index >= 15 is 0 Å². The van der Waals surface area contributed by atoms with Crippen molar-refractivity contribution in [2.24, 2.45) is 0 Å². The summed E-state index contributed by atoms with van der Waals surface area (Å²) in [5.74, 6) is -0.449. The Bertz CT molecular complexity index is 1200. The van der Waals surface area contributed by atoms with E-state index < -0.39 is 0 Å². The molecule has 4 rings (SSSR count). The Morgan fingerprint density at radius 2 is 1.55 bits per heavy atom. The molecule has 0 bridgehead atoms. The number of anilines is 1. The van der Waals surface area contributed by atoms with Crippen LogP contribution in [0.5, 0.6) is 11.9 Å². The Balaban J connectivity index is 1.82. The lowest BCUT2D eigenvalue weighted by Gasteiger charge is -2.06. The number of carbonyl (C=O) groups excluding carboxylic acids is 1. The topological polar surface area (TPSA) is 77.3 Å². The van der Waals surface area contributed by atoms with Gasteiger partial charge in [0.2, 0.25) is 17.7 Å². The lowest BCUT2D eigenvalue weighted by atomic mass is 10.2. The van der Waals surface area contributed by atoms with Gasteiger partial charge in [-0.2, -0.15) is 0 Å². The number of aromatic hydroxyl groups is 2. The van der Waals surface area contributed by atoms with E-state index in [0.717, 1.165) is 0 Å². The van der Waals surface area contributed by atoms with Crippen LogP contribution in [0.1, 0.15) is 0 Å². The maximum absolute atomic E-state index is 12.6. The van der Waals surface area contributed by atoms with Gasteiger partial charge in [-0.25, -0.2) is 0 Å². The molecule has 144 valence electrons. The third kappa shape index (κ3) is 3.70. The van der Waals surface area contributed by atoms with Crippen LogP contribution < -0.4 is 14.5 Å². The Kier molecular flexibility index (Phi) is 5.01. The maximum Gasteiger partial charge on any atom is 0.638 e. The molecule has 0 radical (unpaired) electrons. The summed E-state index contributed by atoms with van der Waals surface area (Å²) in [5, 5.41) is 25.6. The van der Waals surface area contributed by atoms with Crippen molar-refractivity contribution in [1.29, 1.82) is 0 Å². The van der Waals surface area contributed by atoms with Gasteiger partial charge in [0.1, 0.15) is 0 Å². The highest BCUT2D eigenvalue weighted by Gasteiger charge is 2.36. The molecular formula is C22H18ClN3O3+2. The van der Waals surface area contributed by atoms with E-state index in [2.05, 4.69) is 5.32 Å². The average molecular weight is 408 g/mol. The molecule has 0 fully saturated rings. The molecule has 1 heterocycles. The zero-order valence-corrected chi connectivity index (χ0v) is 16.0. The van der Waals surface area contributed by atoms with Gasteiger partial charge >= 0.3 is 11.9 Å². The molecular weight excluding hydrogens is 390 g/mol. The number of rotatable bonds is 4. The molecule has 3 aromatic carbocycles. The zero-order valence-electron chi connectivity index (χ0n) is 15.3. The van der Waals surface area contributed by atoms with Crippen LogP contribution in [0.3, 0.4) is 0 Å². The van der Waals surface area contributed by atoms with Crippen LogP contribution in [0.4, 0.5) is 5.69 Å². The highest BCUT2D eigenvalue weighted by atomic mass is 35.5. The third-order valence-corrected chi connectivity index (χ3v) is 4.79. The van der Waals surface area contributed by atoms with Crippen molar-refractivity contribution in [3.63, 3.8) is 0 Å². The SMILES string of the molecule is O=C(C[n+]1c(O)[n+](-c2ccc(Cl)cc2)c(O)c2ccccc21)Nc1ccccc1. The molecule has 0 aliphatic heterocycles. The monoisotopic (exact) mass is 407 g/mol. The minimum atomic E-state index is -0.310. The van der Waals surface area contributed by atoms with Crippen molar-refractivity contribution in [2.45, 2.75) is 6.54 Å². The lowest BCUT2D eigenvalue weighted by molar-refractivity contribution is -0.774. The van der Waals surface area contributed by atoms with Gasteiger partial charge in [0.15, 0.2) is 5.39 Å². The molecule has 29 heavy (non-hydrogen) atoms. The Hall–Kier alpha value is -3.64. The minimum Gasteiger partial charge on any atom is -0.459 e. The first-order chi connectivity index (χ1) is 14.0. The number of fused-ring (bicyclic) bond motifs is 1. The molecule has 0 unspecified atom stereocenters. The van der Waals surface area contributed by atoms with E-state index in [0.29, 0.717) is 27.3 Å². The fourth-order valence-corrected chi connectivity index (χ4v) is 3.32. The van der Waals surface area contributed by atoms with Crippen LogP contribution in [-0.2, 0) is 11.3 Å². The van der Waals surface area contributed by atoms with E-state index in [1.807, 2.05) is 18.2 Å². The van der Waals surface area contributed by atoms with Crippen LogP contribution >= 0.6 is 11.6 Å². The van der Waals surface area contributed by atoms with Gasteiger partial charge in [-0.3, -0.25) is 4.79 Å². The van der Waals surface area contributed by atoms with Gasteiger partial charge in [0.25, 0.3) is 5.91 Å².